The van der Waals surface area contributed by atoms with Crippen LogP contribution in [-0.2, 0) is 6.54 Å². The molecule has 1 atom stereocenters. The Labute approximate surface area is 127 Å². The van der Waals surface area contributed by atoms with Crippen molar-refractivity contribution in [2.45, 2.75) is 19.0 Å². The zero-order valence-corrected chi connectivity index (χ0v) is 12.0. The molecule has 0 radical (unpaired) electrons. The first-order chi connectivity index (χ1) is 10.7. The number of nitro groups is 1. The molecule has 9 nitrogen and oxygen atoms in total. The number of hydrogen-bond acceptors (Lipinski definition) is 7. The smallest absolute Gasteiger partial charge is 0.287 e. The van der Waals surface area contributed by atoms with Gasteiger partial charge < -0.3 is 5.32 Å². The number of rotatable bonds is 6. The molecule has 0 spiro atoms. The average molecular weight is 303 g/mol. The molecule has 0 aliphatic carbocycles. The van der Waals surface area contributed by atoms with Gasteiger partial charge in [-0.15, -0.1) is 0 Å². The van der Waals surface area contributed by atoms with Crippen molar-refractivity contribution in [1.82, 2.24) is 24.6 Å². The maximum absolute atomic E-state index is 10.6. The molecule has 1 fully saturated rings. The Morgan fingerprint density at radius 3 is 3.00 bits per heavy atom. The molecule has 1 saturated heterocycles. The zero-order chi connectivity index (χ0) is 15.4. The second kappa shape index (κ2) is 6.48. The van der Waals surface area contributed by atoms with E-state index in [9.17, 15) is 10.1 Å². The highest BCUT2D eigenvalue weighted by atomic mass is 16.6. The number of nitrogens with zero attached hydrogens (tertiary/aromatic N) is 6. The Hall–Kier alpha value is -2.55. The Morgan fingerprint density at radius 2 is 2.32 bits per heavy atom. The topological polar surface area (TPSA) is 102 Å². The van der Waals surface area contributed by atoms with Crippen LogP contribution >= 0.6 is 0 Å². The molecule has 1 aliphatic heterocycles. The van der Waals surface area contributed by atoms with Gasteiger partial charge in [0, 0.05) is 31.7 Å². The highest BCUT2D eigenvalue weighted by Crippen LogP contribution is 2.16. The average Bonchev–Trinajstić information content (AvgIpc) is 3.17. The van der Waals surface area contributed by atoms with Crippen LogP contribution in [0.2, 0.25) is 0 Å². The van der Waals surface area contributed by atoms with Crippen molar-refractivity contribution in [2.24, 2.45) is 0 Å². The largest absolute Gasteiger partial charge is 0.366 e. The molecule has 2 aromatic rings. The standard InChI is InChI=1S/C13H17N7O2/c21-20(22)12-1-2-13(15-7-12)17-11-3-4-18(8-11)5-6-19-10-14-9-16-19/h1-2,7,9-11H,3-6,8H2,(H,15,17)/t11-/m1/s1. The number of likely N-dealkylation sites (tertiary alicyclic amines) is 1. The van der Waals surface area contributed by atoms with Crippen LogP contribution in [0.1, 0.15) is 6.42 Å². The van der Waals surface area contributed by atoms with Gasteiger partial charge in [0.05, 0.1) is 11.5 Å². The van der Waals surface area contributed by atoms with E-state index < -0.39 is 4.92 Å². The minimum atomic E-state index is -0.446. The van der Waals surface area contributed by atoms with Crippen molar-refractivity contribution >= 4 is 11.5 Å². The van der Waals surface area contributed by atoms with E-state index in [1.165, 1.54) is 18.6 Å². The van der Waals surface area contributed by atoms with Gasteiger partial charge in [-0.2, -0.15) is 5.10 Å². The molecule has 116 valence electrons. The fourth-order valence-electron chi connectivity index (χ4n) is 2.53. The quantitative estimate of drug-likeness (QED) is 0.621. The third-order valence-electron chi connectivity index (χ3n) is 3.69. The van der Waals surface area contributed by atoms with E-state index in [1.807, 2.05) is 4.68 Å². The van der Waals surface area contributed by atoms with Crippen LogP contribution in [0.25, 0.3) is 0 Å². The lowest BCUT2D eigenvalue weighted by molar-refractivity contribution is -0.385. The van der Waals surface area contributed by atoms with Gasteiger partial charge in [-0.1, -0.05) is 0 Å². The van der Waals surface area contributed by atoms with Crippen molar-refractivity contribution in [3.63, 3.8) is 0 Å². The van der Waals surface area contributed by atoms with Gasteiger partial charge >= 0.3 is 0 Å². The summed E-state index contributed by atoms with van der Waals surface area (Å²) in [6.07, 6.45) is 5.55. The Balaban J connectivity index is 1.47. The predicted octanol–water partition coefficient (Wildman–Crippen LogP) is 0.768. The predicted molar refractivity (Wildman–Crippen MR) is 79.4 cm³/mol. The molecule has 0 saturated carbocycles. The Kier molecular flexibility index (Phi) is 4.24. The molecule has 0 aromatic carbocycles. The highest BCUT2D eigenvalue weighted by Gasteiger charge is 2.22. The van der Waals surface area contributed by atoms with Gasteiger partial charge in [0.25, 0.3) is 5.69 Å². The lowest BCUT2D eigenvalue weighted by atomic mass is 10.2. The first-order valence-corrected chi connectivity index (χ1v) is 7.12. The van der Waals surface area contributed by atoms with Crippen molar-refractivity contribution in [3.8, 4) is 0 Å². The van der Waals surface area contributed by atoms with Gasteiger partial charge in [-0.05, 0) is 12.5 Å². The molecule has 0 bridgehead atoms. The molecule has 0 amide bonds. The van der Waals surface area contributed by atoms with E-state index in [4.69, 9.17) is 0 Å². The van der Waals surface area contributed by atoms with Crippen LogP contribution in [0.5, 0.6) is 0 Å². The summed E-state index contributed by atoms with van der Waals surface area (Å²) in [6.45, 7) is 3.68. The molecule has 3 rings (SSSR count). The van der Waals surface area contributed by atoms with E-state index in [-0.39, 0.29) is 5.69 Å². The molecule has 22 heavy (non-hydrogen) atoms. The second-order valence-electron chi connectivity index (χ2n) is 5.25. The van der Waals surface area contributed by atoms with E-state index >= 15 is 0 Å². The molecule has 3 heterocycles. The molecule has 9 heteroatoms. The monoisotopic (exact) mass is 303 g/mol. The van der Waals surface area contributed by atoms with Gasteiger partial charge in [-0.25, -0.2) is 9.97 Å². The van der Waals surface area contributed by atoms with Crippen LogP contribution < -0.4 is 5.32 Å². The maximum atomic E-state index is 10.6. The minimum absolute atomic E-state index is 0.00595. The minimum Gasteiger partial charge on any atom is -0.366 e. The van der Waals surface area contributed by atoms with Crippen LogP contribution in [0.15, 0.2) is 31.0 Å². The summed E-state index contributed by atoms with van der Waals surface area (Å²) < 4.78 is 1.82. The number of hydrogen-bond donors (Lipinski definition) is 1. The molecule has 2 aromatic heterocycles. The molecule has 1 N–H and O–H groups in total. The number of anilines is 1. The first kappa shape index (κ1) is 14.4. The van der Waals surface area contributed by atoms with Crippen molar-refractivity contribution in [3.05, 3.63) is 41.1 Å². The highest BCUT2D eigenvalue weighted by molar-refractivity contribution is 5.41. The molecule has 0 unspecified atom stereocenters. The van der Waals surface area contributed by atoms with Gasteiger partial charge in [0.15, 0.2) is 0 Å². The van der Waals surface area contributed by atoms with E-state index in [0.717, 1.165) is 32.6 Å². The van der Waals surface area contributed by atoms with Crippen LogP contribution in [-0.4, -0.2) is 55.2 Å². The lowest BCUT2D eigenvalue weighted by Gasteiger charge is -2.16. The van der Waals surface area contributed by atoms with Crippen LogP contribution in [0, 0.1) is 10.1 Å². The molecular formula is C13H17N7O2. The third kappa shape index (κ3) is 3.55. The summed E-state index contributed by atoms with van der Waals surface area (Å²) in [5, 5.41) is 18.0. The van der Waals surface area contributed by atoms with E-state index in [0.29, 0.717) is 11.9 Å². The van der Waals surface area contributed by atoms with Crippen molar-refractivity contribution in [2.75, 3.05) is 25.0 Å². The van der Waals surface area contributed by atoms with Crippen molar-refractivity contribution < 1.29 is 4.92 Å². The number of nitrogens with one attached hydrogen (secondary N) is 1. The normalized spacial score (nSPS) is 18.5. The summed E-state index contributed by atoms with van der Waals surface area (Å²) in [5.74, 6) is 0.675. The summed E-state index contributed by atoms with van der Waals surface area (Å²) in [7, 11) is 0. The third-order valence-corrected chi connectivity index (χ3v) is 3.69. The first-order valence-electron chi connectivity index (χ1n) is 7.12. The van der Waals surface area contributed by atoms with Gasteiger partial charge in [-0.3, -0.25) is 19.7 Å². The second-order valence-corrected chi connectivity index (χ2v) is 5.25. The summed E-state index contributed by atoms with van der Waals surface area (Å²) >= 11 is 0. The molecule has 1 aliphatic rings. The van der Waals surface area contributed by atoms with Gasteiger partial charge in [0.1, 0.15) is 24.7 Å². The fraction of sp³-hybridized carbons (Fsp3) is 0.462. The van der Waals surface area contributed by atoms with Gasteiger partial charge in [0.2, 0.25) is 0 Å². The summed E-state index contributed by atoms with van der Waals surface area (Å²) in [5.41, 5.74) is 0.00595. The Morgan fingerprint density at radius 1 is 1.41 bits per heavy atom. The van der Waals surface area contributed by atoms with Crippen LogP contribution in [0.3, 0.4) is 0 Å². The Bertz CT molecular complexity index is 614. The summed E-state index contributed by atoms with van der Waals surface area (Å²) in [4.78, 5) is 20.5. The SMILES string of the molecule is O=[N+]([O-])c1ccc(N[C@@H]2CCN(CCn3cncn3)C2)nc1. The zero-order valence-electron chi connectivity index (χ0n) is 12.0. The van der Waals surface area contributed by atoms with Crippen molar-refractivity contribution in [1.29, 1.82) is 0 Å². The van der Waals surface area contributed by atoms with Crippen LogP contribution in [0.4, 0.5) is 11.5 Å². The fourth-order valence-corrected chi connectivity index (χ4v) is 2.53. The summed E-state index contributed by atoms with van der Waals surface area (Å²) in [6, 6.07) is 3.42. The van der Waals surface area contributed by atoms with E-state index in [1.54, 1.807) is 12.4 Å². The number of aromatic nitrogens is 4. The maximum Gasteiger partial charge on any atom is 0.287 e. The van der Waals surface area contributed by atoms with E-state index in [2.05, 4.69) is 25.3 Å². The number of pyridine rings is 1. The molecular weight excluding hydrogens is 286 g/mol. The lowest BCUT2D eigenvalue weighted by Crippen LogP contribution is -2.29.